The molecule has 1 aliphatic heterocycles. The summed E-state index contributed by atoms with van der Waals surface area (Å²) in [6.07, 6.45) is 4.79. The molecule has 2 aromatic rings. The molecule has 1 atom stereocenters. The zero-order valence-corrected chi connectivity index (χ0v) is 18.9. The van der Waals surface area contributed by atoms with Crippen LogP contribution in [0, 0.1) is 5.41 Å². The maximum atomic E-state index is 8.55. The molecule has 0 saturated carbocycles. The summed E-state index contributed by atoms with van der Waals surface area (Å²) in [4.78, 5) is 22.3. The zero-order chi connectivity index (χ0) is 22.2. The number of hydrogen-bond acceptors (Lipinski definition) is 10. The van der Waals surface area contributed by atoms with Gasteiger partial charge in [0, 0.05) is 39.0 Å². The molecule has 0 radical (unpaired) electrons. The first kappa shape index (κ1) is 22.8. The lowest BCUT2D eigenvalue weighted by molar-refractivity contribution is 0.158. The normalized spacial score (nSPS) is 16.3. The van der Waals surface area contributed by atoms with E-state index in [0.29, 0.717) is 66.9 Å². The SMILES string of the molecule is CCOCCNc1c(Nc2ccncn2)nc(N(C)[C@H]2CCN(C)C2)nc1C(=N)CC. The van der Waals surface area contributed by atoms with Crippen LogP contribution < -0.4 is 15.5 Å². The smallest absolute Gasteiger partial charge is 0.228 e. The van der Waals surface area contributed by atoms with E-state index in [2.05, 4.69) is 37.4 Å². The highest BCUT2D eigenvalue weighted by Crippen LogP contribution is 2.30. The second kappa shape index (κ2) is 11.0. The van der Waals surface area contributed by atoms with Crippen molar-refractivity contribution in [2.75, 3.05) is 62.5 Å². The first-order chi connectivity index (χ1) is 15.0. The number of aromatic nitrogens is 4. The standard InChI is InChI=1S/C21H33N9O/c1-5-16(22)18-19(24-10-12-31-6-2)20(26-17-7-9-23-14-25-17)28-21(27-18)30(4)15-8-11-29(3)13-15/h7,9,14-15,22,24H,5-6,8,10-13H2,1-4H3,(H,23,25,26,27,28)/t15-/m0/s1. The van der Waals surface area contributed by atoms with E-state index in [4.69, 9.17) is 20.1 Å². The van der Waals surface area contributed by atoms with Crippen LogP contribution in [0.1, 0.15) is 32.4 Å². The minimum Gasteiger partial charge on any atom is -0.380 e. The number of nitrogens with zero attached hydrogens (tertiary/aromatic N) is 6. The first-order valence-electron chi connectivity index (χ1n) is 10.8. The Kier molecular flexibility index (Phi) is 8.07. The Morgan fingerprint density at radius 3 is 2.84 bits per heavy atom. The van der Waals surface area contributed by atoms with Gasteiger partial charge in [-0.05, 0) is 39.4 Å². The van der Waals surface area contributed by atoms with Gasteiger partial charge in [0.2, 0.25) is 5.95 Å². The Bertz CT molecular complexity index is 861. The Morgan fingerprint density at radius 1 is 1.35 bits per heavy atom. The number of anilines is 4. The Morgan fingerprint density at radius 2 is 2.19 bits per heavy atom. The fourth-order valence-corrected chi connectivity index (χ4v) is 3.52. The Hall–Kier alpha value is -2.85. The van der Waals surface area contributed by atoms with E-state index in [1.54, 1.807) is 12.3 Å². The van der Waals surface area contributed by atoms with E-state index in [0.717, 1.165) is 19.5 Å². The number of likely N-dealkylation sites (tertiary alicyclic amines) is 1. The van der Waals surface area contributed by atoms with Gasteiger partial charge in [0.05, 0.1) is 12.3 Å². The summed E-state index contributed by atoms with van der Waals surface area (Å²) in [5.41, 5.74) is 1.73. The van der Waals surface area contributed by atoms with Crippen LogP contribution in [0.2, 0.25) is 0 Å². The topological polar surface area (TPSA) is 115 Å². The number of hydrogen-bond donors (Lipinski definition) is 3. The van der Waals surface area contributed by atoms with Gasteiger partial charge in [0.15, 0.2) is 5.82 Å². The molecule has 2 aromatic heterocycles. The molecule has 1 fully saturated rings. The minimum atomic E-state index is 0.331. The van der Waals surface area contributed by atoms with Crippen molar-refractivity contribution in [3.8, 4) is 0 Å². The molecule has 0 unspecified atom stereocenters. The molecule has 10 nitrogen and oxygen atoms in total. The van der Waals surface area contributed by atoms with E-state index in [1.807, 2.05) is 20.9 Å². The van der Waals surface area contributed by atoms with Gasteiger partial charge in [-0.15, -0.1) is 0 Å². The molecular formula is C21H33N9O. The molecule has 0 spiro atoms. The molecule has 31 heavy (non-hydrogen) atoms. The molecule has 3 N–H and O–H groups in total. The predicted octanol–water partition coefficient (Wildman–Crippen LogP) is 2.38. The summed E-state index contributed by atoms with van der Waals surface area (Å²) in [5.74, 6) is 1.82. The van der Waals surface area contributed by atoms with E-state index >= 15 is 0 Å². The molecule has 3 rings (SSSR count). The molecular weight excluding hydrogens is 394 g/mol. The second-order valence-corrected chi connectivity index (χ2v) is 7.59. The molecule has 168 valence electrons. The summed E-state index contributed by atoms with van der Waals surface area (Å²) in [5, 5.41) is 15.2. The lowest BCUT2D eigenvalue weighted by Crippen LogP contribution is -2.35. The third-order valence-corrected chi connectivity index (χ3v) is 5.35. The third kappa shape index (κ3) is 5.86. The highest BCUT2D eigenvalue weighted by Gasteiger charge is 2.27. The maximum absolute atomic E-state index is 8.55. The summed E-state index contributed by atoms with van der Waals surface area (Å²) < 4.78 is 5.47. The van der Waals surface area contributed by atoms with Crippen LogP contribution in [0.25, 0.3) is 0 Å². The summed E-state index contributed by atoms with van der Waals surface area (Å²) in [6, 6.07) is 2.11. The Balaban J connectivity index is 2.00. The number of ether oxygens (including phenoxy) is 1. The van der Waals surface area contributed by atoms with Crippen LogP contribution in [0.5, 0.6) is 0 Å². The summed E-state index contributed by atoms with van der Waals surface area (Å²) in [6.45, 7) is 7.73. The number of likely N-dealkylation sites (N-methyl/N-ethyl adjacent to an activating group) is 2. The zero-order valence-electron chi connectivity index (χ0n) is 18.9. The van der Waals surface area contributed by atoms with Gasteiger partial charge >= 0.3 is 0 Å². The van der Waals surface area contributed by atoms with Crippen molar-refractivity contribution in [2.24, 2.45) is 0 Å². The van der Waals surface area contributed by atoms with Crippen LogP contribution >= 0.6 is 0 Å². The third-order valence-electron chi connectivity index (χ3n) is 5.35. The molecule has 0 aromatic carbocycles. The van der Waals surface area contributed by atoms with Gasteiger partial charge in [0.1, 0.15) is 23.5 Å². The van der Waals surface area contributed by atoms with Crippen molar-refractivity contribution in [1.82, 2.24) is 24.8 Å². The molecule has 10 heteroatoms. The van der Waals surface area contributed by atoms with Crippen LogP contribution in [-0.4, -0.2) is 83.5 Å². The fourth-order valence-electron chi connectivity index (χ4n) is 3.52. The Labute approximate surface area is 184 Å². The van der Waals surface area contributed by atoms with Crippen molar-refractivity contribution in [3.05, 3.63) is 24.3 Å². The van der Waals surface area contributed by atoms with Crippen LogP contribution in [0.15, 0.2) is 18.6 Å². The monoisotopic (exact) mass is 427 g/mol. The van der Waals surface area contributed by atoms with E-state index < -0.39 is 0 Å². The largest absolute Gasteiger partial charge is 0.380 e. The van der Waals surface area contributed by atoms with Gasteiger partial charge in [0.25, 0.3) is 0 Å². The molecule has 3 heterocycles. The maximum Gasteiger partial charge on any atom is 0.228 e. The minimum absolute atomic E-state index is 0.331. The molecule has 0 aliphatic carbocycles. The molecule has 1 aliphatic rings. The average molecular weight is 428 g/mol. The van der Waals surface area contributed by atoms with Gasteiger partial charge in [-0.2, -0.15) is 4.98 Å². The summed E-state index contributed by atoms with van der Waals surface area (Å²) in [7, 11) is 4.15. The lowest BCUT2D eigenvalue weighted by atomic mass is 10.1. The van der Waals surface area contributed by atoms with Gasteiger partial charge in [-0.3, -0.25) is 0 Å². The first-order valence-corrected chi connectivity index (χ1v) is 10.8. The van der Waals surface area contributed by atoms with Gasteiger partial charge in [-0.1, -0.05) is 6.92 Å². The number of rotatable bonds is 11. The van der Waals surface area contributed by atoms with Crippen LogP contribution in [-0.2, 0) is 4.74 Å². The van der Waals surface area contributed by atoms with E-state index in [1.165, 1.54) is 6.33 Å². The fraction of sp³-hybridized carbons (Fsp3) is 0.571. The van der Waals surface area contributed by atoms with Crippen LogP contribution in [0.4, 0.5) is 23.3 Å². The van der Waals surface area contributed by atoms with Crippen LogP contribution in [0.3, 0.4) is 0 Å². The second-order valence-electron chi connectivity index (χ2n) is 7.59. The molecule has 0 amide bonds. The summed E-state index contributed by atoms with van der Waals surface area (Å²) >= 11 is 0. The highest BCUT2D eigenvalue weighted by atomic mass is 16.5. The van der Waals surface area contributed by atoms with Crippen molar-refractivity contribution < 1.29 is 4.74 Å². The van der Waals surface area contributed by atoms with Crippen molar-refractivity contribution in [2.45, 2.75) is 32.7 Å². The quantitative estimate of drug-likeness (QED) is 0.367. The highest BCUT2D eigenvalue weighted by molar-refractivity contribution is 6.03. The average Bonchev–Trinajstić information content (AvgIpc) is 3.23. The van der Waals surface area contributed by atoms with Gasteiger partial charge in [-0.25, -0.2) is 15.0 Å². The number of nitrogens with one attached hydrogen (secondary N) is 3. The predicted molar refractivity (Wildman–Crippen MR) is 124 cm³/mol. The van der Waals surface area contributed by atoms with E-state index in [9.17, 15) is 0 Å². The lowest BCUT2D eigenvalue weighted by Gasteiger charge is -2.26. The van der Waals surface area contributed by atoms with Gasteiger partial charge < -0.3 is 30.6 Å². The molecule has 0 bridgehead atoms. The van der Waals surface area contributed by atoms with Crippen molar-refractivity contribution >= 4 is 29.0 Å². The van der Waals surface area contributed by atoms with Crippen molar-refractivity contribution in [1.29, 1.82) is 5.41 Å². The van der Waals surface area contributed by atoms with Crippen molar-refractivity contribution in [3.63, 3.8) is 0 Å². The van der Waals surface area contributed by atoms with E-state index in [-0.39, 0.29) is 0 Å². The molecule has 1 saturated heterocycles.